The molecule has 0 radical (unpaired) electrons. The second-order valence-electron chi connectivity index (χ2n) is 8.18. The Bertz CT molecular complexity index is 1710. The molecule has 12 heteroatoms. The van der Waals surface area contributed by atoms with Crippen LogP contribution in [0.2, 0.25) is 0 Å². The number of halogens is 3. The summed E-state index contributed by atoms with van der Waals surface area (Å²) < 4.78 is 44.2. The Morgan fingerprint density at radius 2 is 1.89 bits per heavy atom. The summed E-state index contributed by atoms with van der Waals surface area (Å²) in [6.07, 6.45) is -3.71. The van der Waals surface area contributed by atoms with E-state index in [4.69, 9.17) is 0 Å². The van der Waals surface area contributed by atoms with Crippen molar-refractivity contribution in [2.24, 2.45) is 7.05 Å². The van der Waals surface area contributed by atoms with E-state index < -0.39 is 40.6 Å². The van der Waals surface area contributed by atoms with Gasteiger partial charge in [0.15, 0.2) is 0 Å². The number of hydrogen-bond acceptors (Lipinski definition) is 5. The third-order valence-corrected chi connectivity index (χ3v) is 7.26. The van der Waals surface area contributed by atoms with Crippen molar-refractivity contribution in [2.45, 2.75) is 25.1 Å². The minimum atomic E-state index is -4.61. The fourth-order valence-corrected chi connectivity index (χ4v) is 5.53. The number of carboxylic acid groups (broad SMARTS) is 1. The predicted octanol–water partition coefficient (Wildman–Crippen LogP) is 3.17. The third kappa shape index (κ3) is 3.52. The molecule has 1 aliphatic rings. The lowest BCUT2D eigenvalue weighted by Crippen LogP contribution is -2.43. The zero-order valence-corrected chi connectivity index (χ0v) is 18.8. The Morgan fingerprint density at radius 1 is 1.14 bits per heavy atom. The highest BCUT2D eigenvalue weighted by Gasteiger charge is 2.38. The summed E-state index contributed by atoms with van der Waals surface area (Å²) in [7, 11) is 1.59. The molecular weight excluding hydrogens is 487 g/mol. The Morgan fingerprint density at radius 3 is 2.57 bits per heavy atom. The number of aryl methyl sites for hydroxylation is 1. The number of rotatable bonds is 3. The largest absolute Gasteiger partial charge is 0.477 e. The lowest BCUT2D eigenvalue weighted by molar-refractivity contribution is -0.138. The van der Waals surface area contributed by atoms with E-state index in [1.165, 1.54) is 28.8 Å². The van der Waals surface area contributed by atoms with E-state index in [9.17, 15) is 37.5 Å². The molecule has 35 heavy (non-hydrogen) atoms. The quantitative estimate of drug-likeness (QED) is 0.463. The molecule has 0 spiro atoms. The molecule has 5 rings (SSSR count). The number of aromatic nitrogens is 3. The Labute approximate surface area is 197 Å². The third-order valence-electron chi connectivity index (χ3n) is 6.26. The van der Waals surface area contributed by atoms with Gasteiger partial charge < -0.3 is 9.67 Å². The molecule has 0 bridgehead atoms. The van der Waals surface area contributed by atoms with Gasteiger partial charge in [0.05, 0.1) is 27.5 Å². The number of hydrogen-bond donors (Lipinski definition) is 1. The van der Waals surface area contributed by atoms with Gasteiger partial charge in [0, 0.05) is 13.2 Å². The number of thiazole rings is 1. The lowest BCUT2D eigenvalue weighted by Gasteiger charge is -2.19. The minimum Gasteiger partial charge on any atom is -0.477 e. The van der Waals surface area contributed by atoms with Crippen molar-refractivity contribution in [1.82, 2.24) is 13.7 Å². The molecule has 180 valence electrons. The molecule has 0 saturated carbocycles. The summed E-state index contributed by atoms with van der Waals surface area (Å²) in [5.41, 5.74) is -2.58. The average molecular weight is 503 g/mol. The second-order valence-corrected chi connectivity index (χ2v) is 9.17. The van der Waals surface area contributed by atoms with Crippen LogP contribution < -0.4 is 16.1 Å². The maximum Gasteiger partial charge on any atom is 0.416 e. The second kappa shape index (κ2) is 7.80. The molecule has 0 saturated heterocycles. The molecular formula is C23H16F3N3O5S. The monoisotopic (exact) mass is 503 g/mol. The Balaban J connectivity index is 1.76. The Kier molecular flexibility index (Phi) is 5.09. The van der Waals surface area contributed by atoms with Crippen LogP contribution in [0.1, 0.15) is 39.5 Å². The van der Waals surface area contributed by atoms with Crippen molar-refractivity contribution in [1.29, 1.82) is 0 Å². The molecule has 0 fully saturated rings. The standard InChI is InChI=1S/C23H16F3N3O5S/c1-27-17-7-5-11(9-18(17)35-22(27)34)28-10-14(20(31)32)19(30)29(21(28)33)16-8-6-12-13(16)3-2-4-15(12)23(24,25)26/h2-5,7,9-10,16H,6,8H2,1H3,(H,31,32)/t16-/m1/s1. The van der Waals surface area contributed by atoms with Gasteiger partial charge >= 0.3 is 22.7 Å². The highest BCUT2D eigenvalue weighted by Crippen LogP contribution is 2.41. The van der Waals surface area contributed by atoms with Gasteiger partial charge in [0.2, 0.25) is 0 Å². The number of benzene rings is 2. The number of aromatic carboxylic acids is 1. The smallest absolute Gasteiger partial charge is 0.416 e. The highest BCUT2D eigenvalue weighted by molar-refractivity contribution is 7.16. The lowest BCUT2D eigenvalue weighted by atomic mass is 10.0. The van der Waals surface area contributed by atoms with Crippen LogP contribution in [0.25, 0.3) is 15.9 Å². The van der Waals surface area contributed by atoms with Crippen molar-refractivity contribution in [2.75, 3.05) is 0 Å². The number of carbonyl (C=O) groups is 1. The zero-order valence-electron chi connectivity index (χ0n) is 18.0. The van der Waals surface area contributed by atoms with Crippen molar-refractivity contribution in [3.63, 3.8) is 0 Å². The molecule has 2 aromatic carbocycles. The first-order chi connectivity index (χ1) is 16.5. The van der Waals surface area contributed by atoms with Gasteiger partial charge in [-0.2, -0.15) is 13.2 Å². The molecule has 0 aliphatic heterocycles. The SMILES string of the molecule is Cn1c(=O)sc2cc(-n3cc(C(=O)O)c(=O)n([C@@H]4CCc5c4cccc5C(F)(F)F)c3=O)ccc21. The summed E-state index contributed by atoms with van der Waals surface area (Å²) in [5, 5.41) is 9.63. The van der Waals surface area contributed by atoms with Crippen LogP contribution in [0.15, 0.2) is 57.0 Å². The van der Waals surface area contributed by atoms with Crippen molar-refractivity contribution >= 4 is 27.5 Å². The normalized spacial score (nSPS) is 15.5. The van der Waals surface area contributed by atoms with Gasteiger partial charge in [0.1, 0.15) is 5.56 Å². The summed E-state index contributed by atoms with van der Waals surface area (Å²) in [4.78, 5) is 50.2. The maximum atomic E-state index is 13.5. The molecule has 1 atom stereocenters. The molecule has 2 aromatic heterocycles. The van der Waals surface area contributed by atoms with Crippen LogP contribution >= 0.6 is 11.3 Å². The number of carboxylic acids is 1. The first kappa shape index (κ1) is 22.8. The Hall–Kier alpha value is -3.93. The molecule has 8 nitrogen and oxygen atoms in total. The number of nitrogens with zero attached hydrogens (tertiary/aromatic N) is 3. The molecule has 2 heterocycles. The van der Waals surface area contributed by atoms with Crippen molar-refractivity contribution < 1.29 is 23.1 Å². The van der Waals surface area contributed by atoms with Crippen LogP contribution in [-0.4, -0.2) is 24.8 Å². The molecule has 0 unspecified atom stereocenters. The van der Waals surface area contributed by atoms with Gasteiger partial charge in [-0.05, 0) is 48.2 Å². The van der Waals surface area contributed by atoms with Gasteiger partial charge in [-0.25, -0.2) is 9.59 Å². The van der Waals surface area contributed by atoms with E-state index in [-0.39, 0.29) is 34.5 Å². The van der Waals surface area contributed by atoms with Crippen molar-refractivity contribution in [3.05, 3.63) is 95.4 Å². The van der Waals surface area contributed by atoms with Crippen LogP contribution in [0.4, 0.5) is 13.2 Å². The summed E-state index contributed by atoms with van der Waals surface area (Å²) in [6, 6.07) is 7.11. The summed E-state index contributed by atoms with van der Waals surface area (Å²) in [6.45, 7) is 0. The summed E-state index contributed by atoms with van der Waals surface area (Å²) >= 11 is 0.932. The van der Waals surface area contributed by atoms with Gasteiger partial charge in [-0.1, -0.05) is 23.5 Å². The van der Waals surface area contributed by atoms with Crippen molar-refractivity contribution in [3.8, 4) is 5.69 Å². The first-order valence-corrected chi connectivity index (χ1v) is 11.2. The number of fused-ring (bicyclic) bond motifs is 2. The van der Waals surface area contributed by atoms with Crippen LogP contribution in [-0.2, 0) is 19.6 Å². The van der Waals surface area contributed by atoms with Gasteiger partial charge in [0.25, 0.3) is 5.56 Å². The fourth-order valence-electron chi connectivity index (χ4n) is 4.62. The average Bonchev–Trinajstić information content (AvgIpc) is 3.33. The molecule has 1 N–H and O–H groups in total. The highest BCUT2D eigenvalue weighted by atomic mass is 32.1. The zero-order chi connectivity index (χ0) is 25.2. The number of alkyl halides is 3. The summed E-state index contributed by atoms with van der Waals surface area (Å²) in [5.74, 6) is -1.58. The van der Waals surface area contributed by atoms with Crippen LogP contribution in [0.5, 0.6) is 0 Å². The maximum absolute atomic E-state index is 13.5. The van der Waals surface area contributed by atoms with E-state index in [1.807, 2.05) is 0 Å². The fraction of sp³-hybridized carbons (Fsp3) is 0.217. The topological polar surface area (TPSA) is 103 Å². The van der Waals surface area contributed by atoms with Gasteiger partial charge in [-0.3, -0.25) is 18.7 Å². The van der Waals surface area contributed by atoms with Crippen LogP contribution in [0, 0.1) is 0 Å². The van der Waals surface area contributed by atoms with E-state index >= 15 is 0 Å². The van der Waals surface area contributed by atoms with E-state index in [1.54, 1.807) is 13.1 Å². The van der Waals surface area contributed by atoms with E-state index in [0.29, 0.717) is 14.8 Å². The van der Waals surface area contributed by atoms with E-state index in [0.717, 1.165) is 28.2 Å². The molecule has 1 aliphatic carbocycles. The van der Waals surface area contributed by atoms with Gasteiger partial charge in [-0.15, -0.1) is 0 Å². The van der Waals surface area contributed by atoms with Crippen LogP contribution in [0.3, 0.4) is 0 Å². The molecule has 4 aromatic rings. The predicted molar refractivity (Wildman–Crippen MR) is 122 cm³/mol. The van der Waals surface area contributed by atoms with E-state index in [2.05, 4.69) is 0 Å². The first-order valence-electron chi connectivity index (χ1n) is 10.4. The minimum absolute atomic E-state index is 0.0148. The molecule has 0 amide bonds.